The first-order valence-electron chi connectivity index (χ1n) is 9.00. The molecule has 126 valence electrons. The summed E-state index contributed by atoms with van der Waals surface area (Å²) in [4.78, 5) is 18.7. The topological polar surface area (TPSA) is 45.2 Å². The van der Waals surface area contributed by atoms with Gasteiger partial charge in [-0.2, -0.15) is 0 Å². The van der Waals surface area contributed by atoms with Gasteiger partial charge in [-0.3, -0.25) is 9.88 Å². The standard InChI is InChI=1S/C19H25N5/c1-15-5-10-24(11-6-15)19-21-12-16-13-23(9-7-18(16)22-19)14-17-4-2-3-8-20-17/h2-4,8,12,15H,5-7,9-11,13-14H2,1H3. The number of anilines is 1. The van der Waals surface area contributed by atoms with Gasteiger partial charge >= 0.3 is 0 Å². The van der Waals surface area contributed by atoms with Gasteiger partial charge in [0.15, 0.2) is 0 Å². The van der Waals surface area contributed by atoms with Crippen LogP contribution in [0.1, 0.15) is 36.7 Å². The van der Waals surface area contributed by atoms with Crippen molar-refractivity contribution in [3.05, 3.63) is 47.5 Å². The molecule has 0 radical (unpaired) electrons. The van der Waals surface area contributed by atoms with E-state index in [9.17, 15) is 0 Å². The fourth-order valence-corrected chi connectivity index (χ4v) is 3.58. The number of rotatable bonds is 3. The minimum absolute atomic E-state index is 0.832. The normalized spacial score (nSPS) is 19.3. The Morgan fingerprint density at radius 2 is 2.00 bits per heavy atom. The average molecular weight is 323 g/mol. The van der Waals surface area contributed by atoms with E-state index in [1.807, 2.05) is 18.5 Å². The molecule has 0 amide bonds. The number of hydrogen-bond acceptors (Lipinski definition) is 5. The van der Waals surface area contributed by atoms with Gasteiger partial charge in [0.1, 0.15) is 0 Å². The van der Waals surface area contributed by atoms with Crippen molar-refractivity contribution in [2.24, 2.45) is 5.92 Å². The second-order valence-corrected chi connectivity index (χ2v) is 7.09. The summed E-state index contributed by atoms with van der Waals surface area (Å²) in [6, 6.07) is 6.10. The summed E-state index contributed by atoms with van der Waals surface area (Å²) in [5, 5.41) is 0. The van der Waals surface area contributed by atoms with E-state index < -0.39 is 0 Å². The van der Waals surface area contributed by atoms with Crippen LogP contribution in [0.4, 0.5) is 5.95 Å². The summed E-state index contributed by atoms with van der Waals surface area (Å²) in [6.07, 6.45) is 7.40. The molecule has 2 aromatic rings. The minimum atomic E-state index is 0.832. The zero-order valence-electron chi connectivity index (χ0n) is 14.4. The lowest BCUT2D eigenvalue weighted by Crippen LogP contribution is -2.35. The van der Waals surface area contributed by atoms with E-state index in [-0.39, 0.29) is 0 Å². The van der Waals surface area contributed by atoms with Crippen LogP contribution in [0.25, 0.3) is 0 Å². The Hall–Kier alpha value is -2.01. The molecule has 4 rings (SSSR count). The van der Waals surface area contributed by atoms with E-state index >= 15 is 0 Å². The van der Waals surface area contributed by atoms with Crippen molar-refractivity contribution in [3.63, 3.8) is 0 Å². The van der Waals surface area contributed by atoms with Gasteiger partial charge in [0, 0.05) is 57.1 Å². The zero-order valence-corrected chi connectivity index (χ0v) is 14.4. The monoisotopic (exact) mass is 323 g/mol. The fourth-order valence-electron chi connectivity index (χ4n) is 3.58. The Bertz CT molecular complexity index is 679. The Balaban J connectivity index is 1.43. The van der Waals surface area contributed by atoms with Crippen LogP contribution in [0.15, 0.2) is 30.6 Å². The molecule has 2 aromatic heterocycles. The van der Waals surface area contributed by atoms with Gasteiger partial charge in [-0.25, -0.2) is 9.97 Å². The van der Waals surface area contributed by atoms with E-state index in [2.05, 4.69) is 38.8 Å². The molecule has 5 heteroatoms. The maximum atomic E-state index is 4.88. The Labute approximate surface area is 143 Å². The van der Waals surface area contributed by atoms with Crippen LogP contribution < -0.4 is 4.90 Å². The predicted molar refractivity (Wildman–Crippen MR) is 94.7 cm³/mol. The van der Waals surface area contributed by atoms with Crippen LogP contribution in [-0.2, 0) is 19.5 Å². The highest BCUT2D eigenvalue weighted by Gasteiger charge is 2.22. The molecule has 0 unspecified atom stereocenters. The summed E-state index contributed by atoms with van der Waals surface area (Å²) in [5.41, 5.74) is 3.63. The third kappa shape index (κ3) is 3.41. The molecule has 5 nitrogen and oxygen atoms in total. The second kappa shape index (κ2) is 6.85. The van der Waals surface area contributed by atoms with Crippen molar-refractivity contribution < 1.29 is 0 Å². The van der Waals surface area contributed by atoms with Crippen LogP contribution in [0.2, 0.25) is 0 Å². The van der Waals surface area contributed by atoms with Crippen LogP contribution in [-0.4, -0.2) is 39.5 Å². The van der Waals surface area contributed by atoms with Gasteiger partial charge in [0.2, 0.25) is 5.95 Å². The summed E-state index contributed by atoms with van der Waals surface area (Å²) < 4.78 is 0. The van der Waals surface area contributed by atoms with Gasteiger partial charge < -0.3 is 4.90 Å². The van der Waals surface area contributed by atoms with E-state index in [0.717, 1.165) is 56.7 Å². The quantitative estimate of drug-likeness (QED) is 0.869. The molecule has 0 saturated carbocycles. The highest BCUT2D eigenvalue weighted by molar-refractivity contribution is 5.34. The second-order valence-electron chi connectivity index (χ2n) is 7.09. The molecule has 0 spiro atoms. The van der Waals surface area contributed by atoms with Crippen LogP contribution in [0.3, 0.4) is 0 Å². The predicted octanol–water partition coefficient (Wildman–Crippen LogP) is 2.67. The Kier molecular flexibility index (Phi) is 4.43. The SMILES string of the molecule is CC1CCN(c2ncc3c(n2)CCN(Cc2ccccn2)C3)CC1. The van der Waals surface area contributed by atoms with E-state index in [4.69, 9.17) is 4.98 Å². The number of piperidine rings is 1. The lowest BCUT2D eigenvalue weighted by Gasteiger charge is -2.32. The molecule has 0 atom stereocenters. The first-order chi connectivity index (χ1) is 11.8. The van der Waals surface area contributed by atoms with Gasteiger partial charge in [-0.05, 0) is 30.9 Å². The number of pyridine rings is 1. The minimum Gasteiger partial charge on any atom is -0.341 e. The molecule has 0 aromatic carbocycles. The summed E-state index contributed by atoms with van der Waals surface area (Å²) in [5.74, 6) is 1.76. The van der Waals surface area contributed by atoms with Crippen molar-refractivity contribution in [1.29, 1.82) is 0 Å². The largest absolute Gasteiger partial charge is 0.341 e. The Morgan fingerprint density at radius 3 is 2.79 bits per heavy atom. The third-order valence-corrected chi connectivity index (χ3v) is 5.18. The number of fused-ring (bicyclic) bond motifs is 1. The van der Waals surface area contributed by atoms with Crippen LogP contribution >= 0.6 is 0 Å². The summed E-state index contributed by atoms with van der Waals surface area (Å²) in [7, 11) is 0. The summed E-state index contributed by atoms with van der Waals surface area (Å²) >= 11 is 0. The van der Waals surface area contributed by atoms with Crippen molar-refractivity contribution >= 4 is 5.95 Å². The lowest BCUT2D eigenvalue weighted by molar-refractivity contribution is 0.240. The average Bonchev–Trinajstić information content (AvgIpc) is 2.63. The molecule has 1 fully saturated rings. The summed E-state index contributed by atoms with van der Waals surface area (Å²) in [6.45, 7) is 7.37. The van der Waals surface area contributed by atoms with Gasteiger partial charge in [0.05, 0.1) is 11.4 Å². The first-order valence-corrected chi connectivity index (χ1v) is 9.00. The molecule has 1 saturated heterocycles. The van der Waals surface area contributed by atoms with Gasteiger partial charge in [0.25, 0.3) is 0 Å². The van der Waals surface area contributed by atoms with E-state index in [1.165, 1.54) is 24.1 Å². The molecule has 2 aliphatic rings. The number of aromatic nitrogens is 3. The van der Waals surface area contributed by atoms with Crippen molar-refractivity contribution in [3.8, 4) is 0 Å². The molecular formula is C19H25N5. The molecular weight excluding hydrogens is 298 g/mol. The van der Waals surface area contributed by atoms with Crippen molar-refractivity contribution in [2.45, 2.75) is 39.3 Å². The Morgan fingerprint density at radius 1 is 1.12 bits per heavy atom. The highest BCUT2D eigenvalue weighted by atomic mass is 15.3. The molecule has 0 aliphatic carbocycles. The van der Waals surface area contributed by atoms with Crippen molar-refractivity contribution in [1.82, 2.24) is 19.9 Å². The maximum Gasteiger partial charge on any atom is 0.225 e. The maximum absolute atomic E-state index is 4.88. The third-order valence-electron chi connectivity index (χ3n) is 5.18. The number of nitrogens with zero attached hydrogens (tertiary/aromatic N) is 5. The smallest absolute Gasteiger partial charge is 0.225 e. The van der Waals surface area contributed by atoms with Crippen molar-refractivity contribution in [2.75, 3.05) is 24.5 Å². The molecule has 4 heterocycles. The molecule has 0 N–H and O–H groups in total. The molecule has 24 heavy (non-hydrogen) atoms. The molecule has 2 aliphatic heterocycles. The first kappa shape index (κ1) is 15.5. The van der Waals surface area contributed by atoms with Crippen LogP contribution in [0.5, 0.6) is 0 Å². The highest BCUT2D eigenvalue weighted by Crippen LogP contribution is 2.23. The lowest BCUT2D eigenvalue weighted by atomic mass is 9.99. The fraction of sp³-hybridized carbons (Fsp3) is 0.526. The van der Waals surface area contributed by atoms with E-state index in [0.29, 0.717) is 0 Å². The van der Waals surface area contributed by atoms with Gasteiger partial charge in [-0.15, -0.1) is 0 Å². The van der Waals surface area contributed by atoms with Crippen LogP contribution in [0, 0.1) is 5.92 Å². The van der Waals surface area contributed by atoms with Gasteiger partial charge in [-0.1, -0.05) is 13.0 Å². The zero-order chi connectivity index (χ0) is 16.4. The molecule has 0 bridgehead atoms. The number of hydrogen-bond donors (Lipinski definition) is 0. The van der Waals surface area contributed by atoms with E-state index in [1.54, 1.807) is 0 Å².